The molecule has 0 aliphatic carbocycles. The summed E-state index contributed by atoms with van der Waals surface area (Å²) in [5.41, 5.74) is -2.22. The normalized spacial score (nSPS) is 12.7. The van der Waals surface area contributed by atoms with E-state index in [0.717, 1.165) is 0 Å². The number of nitrogen functional groups attached to an aromatic ring is 1. The largest absolute Gasteiger partial charge is 0.446 e. The number of nitrogens with two attached hydrogens (primary N) is 1. The van der Waals surface area contributed by atoms with Crippen molar-refractivity contribution in [1.29, 1.82) is 0 Å². The highest BCUT2D eigenvalue weighted by molar-refractivity contribution is 8.00. The summed E-state index contributed by atoms with van der Waals surface area (Å²) in [5, 5.41) is 1.80. The van der Waals surface area contributed by atoms with Gasteiger partial charge >= 0.3 is 11.7 Å². The summed E-state index contributed by atoms with van der Waals surface area (Å²) in [7, 11) is 0. The number of halogens is 9. The molecule has 0 fully saturated rings. The molecule has 2 aromatic rings. The Hall–Kier alpha value is -1.33. The Labute approximate surface area is 143 Å². The van der Waals surface area contributed by atoms with E-state index in [2.05, 4.69) is 5.10 Å². The van der Waals surface area contributed by atoms with E-state index < -0.39 is 61.3 Å². The fraction of sp³-hybridized carbons (Fsp3) is 0.182. The van der Waals surface area contributed by atoms with E-state index in [1.165, 1.54) is 0 Å². The van der Waals surface area contributed by atoms with Crippen molar-refractivity contribution in [2.75, 3.05) is 5.73 Å². The quantitative estimate of drug-likeness (QED) is 0.399. The molecule has 1 aromatic heterocycles. The van der Waals surface area contributed by atoms with Crippen LogP contribution in [0.2, 0.25) is 10.0 Å². The number of benzene rings is 1. The summed E-state index contributed by atoms with van der Waals surface area (Å²) >= 11 is 10.6. The molecule has 0 spiro atoms. The van der Waals surface area contributed by atoms with E-state index in [4.69, 9.17) is 28.9 Å². The number of rotatable bonds is 2. The predicted octanol–water partition coefficient (Wildman–Crippen LogP) is 5.53. The zero-order valence-electron chi connectivity index (χ0n) is 10.9. The van der Waals surface area contributed by atoms with Crippen LogP contribution in [0, 0.1) is 5.95 Å². The van der Waals surface area contributed by atoms with Crippen LogP contribution in [-0.4, -0.2) is 15.3 Å². The predicted molar refractivity (Wildman–Crippen MR) is 74.9 cm³/mol. The van der Waals surface area contributed by atoms with Gasteiger partial charge in [-0.15, -0.1) is 5.10 Å². The zero-order chi connectivity index (χ0) is 18.4. The molecule has 3 nitrogen and oxygen atoms in total. The van der Waals surface area contributed by atoms with Gasteiger partial charge in [-0.1, -0.05) is 23.2 Å². The molecule has 1 aromatic carbocycles. The lowest BCUT2D eigenvalue weighted by Gasteiger charge is -2.15. The molecule has 1 heterocycles. The first-order valence-electron chi connectivity index (χ1n) is 5.67. The smallest absolute Gasteiger partial charge is 0.397 e. The van der Waals surface area contributed by atoms with Crippen LogP contribution in [0.25, 0.3) is 5.69 Å². The lowest BCUT2D eigenvalue weighted by molar-refractivity contribution is -0.136. The van der Waals surface area contributed by atoms with E-state index in [1.54, 1.807) is 0 Å². The zero-order valence-corrected chi connectivity index (χ0v) is 13.3. The average Bonchev–Trinajstić information content (AvgIpc) is 2.71. The standard InChI is InChI=1S/C11H4Cl2F7N3S/c12-4-1-3(10(15,16)17)7(21)6(13)8(4)23-2-5(9(14)22-23)24-11(18,19)20/h1-2H,21H2. The number of hydrogen-bond donors (Lipinski definition) is 1. The van der Waals surface area contributed by atoms with Crippen LogP contribution < -0.4 is 5.73 Å². The van der Waals surface area contributed by atoms with E-state index in [1.807, 2.05) is 0 Å². The van der Waals surface area contributed by atoms with Crippen molar-refractivity contribution in [1.82, 2.24) is 9.78 Å². The number of thioether (sulfide) groups is 1. The first-order chi connectivity index (χ1) is 10.8. The molecule has 0 saturated carbocycles. The summed E-state index contributed by atoms with van der Waals surface area (Å²) in [5.74, 6) is -1.50. The molecule has 0 aliphatic heterocycles. The molecule has 24 heavy (non-hydrogen) atoms. The second-order valence-corrected chi connectivity index (χ2v) is 6.15. The maximum Gasteiger partial charge on any atom is 0.446 e. The van der Waals surface area contributed by atoms with E-state index in [-0.39, 0.29) is 0 Å². The van der Waals surface area contributed by atoms with Crippen molar-refractivity contribution >= 4 is 40.7 Å². The van der Waals surface area contributed by atoms with Gasteiger partial charge in [-0.25, -0.2) is 4.68 Å². The number of nitrogens with zero attached hydrogens (tertiary/aromatic N) is 2. The third kappa shape index (κ3) is 3.83. The number of hydrogen-bond acceptors (Lipinski definition) is 3. The minimum absolute atomic E-state index is 0.425. The summed E-state index contributed by atoms with van der Waals surface area (Å²) in [6.45, 7) is 0. The molecule has 0 unspecified atom stereocenters. The van der Waals surface area contributed by atoms with E-state index >= 15 is 0 Å². The third-order valence-electron chi connectivity index (χ3n) is 2.63. The fourth-order valence-electron chi connectivity index (χ4n) is 1.71. The second-order valence-electron chi connectivity index (χ2n) is 4.26. The summed E-state index contributed by atoms with van der Waals surface area (Å²) in [6, 6.07) is 0.425. The molecule has 2 rings (SSSR count). The van der Waals surface area contributed by atoms with Crippen molar-refractivity contribution in [3.8, 4) is 5.69 Å². The average molecular weight is 414 g/mol. The Bertz CT molecular complexity index is 785. The first kappa shape index (κ1) is 19.0. The molecule has 0 radical (unpaired) electrons. The Kier molecular flexibility index (Phi) is 4.90. The van der Waals surface area contributed by atoms with Gasteiger partial charge < -0.3 is 5.73 Å². The summed E-state index contributed by atoms with van der Waals surface area (Å²) < 4.78 is 89.3. The highest BCUT2D eigenvalue weighted by atomic mass is 35.5. The van der Waals surface area contributed by atoms with Gasteiger partial charge in [0.05, 0.1) is 26.2 Å². The Balaban J connectivity index is 2.59. The molecule has 0 bridgehead atoms. The Morgan fingerprint density at radius 3 is 2.21 bits per heavy atom. The van der Waals surface area contributed by atoms with Crippen LogP contribution >= 0.6 is 35.0 Å². The minimum Gasteiger partial charge on any atom is -0.397 e. The third-order valence-corrected chi connectivity index (χ3v) is 4.03. The molecular formula is C11H4Cl2F7N3S. The molecule has 0 atom stereocenters. The van der Waals surface area contributed by atoms with Crippen molar-refractivity contribution in [2.45, 2.75) is 16.6 Å². The first-order valence-corrected chi connectivity index (χ1v) is 7.24. The molecule has 0 saturated heterocycles. The Morgan fingerprint density at radius 2 is 1.71 bits per heavy atom. The van der Waals surface area contributed by atoms with Gasteiger partial charge in [0.15, 0.2) is 0 Å². The maximum atomic E-state index is 13.5. The van der Waals surface area contributed by atoms with Crippen molar-refractivity contribution in [3.05, 3.63) is 33.8 Å². The summed E-state index contributed by atoms with van der Waals surface area (Å²) in [6.07, 6.45) is -4.27. The van der Waals surface area contributed by atoms with E-state index in [0.29, 0.717) is 16.9 Å². The van der Waals surface area contributed by atoms with Gasteiger partial charge in [-0.05, 0) is 17.8 Å². The molecule has 132 valence electrons. The van der Waals surface area contributed by atoms with Gasteiger partial charge in [0, 0.05) is 6.20 Å². The van der Waals surface area contributed by atoms with Gasteiger partial charge in [-0.3, -0.25) is 0 Å². The van der Waals surface area contributed by atoms with E-state index in [9.17, 15) is 30.7 Å². The maximum absolute atomic E-state index is 13.5. The SMILES string of the molecule is Nc1c(C(F)(F)F)cc(Cl)c(-n2cc(SC(F)(F)F)c(F)n2)c1Cl. The van der Waals surface area contributed by atoms with Gasteiger partial charge in [0.25, 0.3) is 0 Å². The lowest BCUT2D eigenvalue weighted by atomic mass is 10.1. The van der Waals surface area contributed by atoms with Gasteiger partial charge in [0.1, 0.15) is 5.69 Å². The van der Waals surface area contributed by atoms with Crippen molar-refractivity contribution < 1.29 is 30.7 Å². The molecular weight excluding hydrogens is 410 g/mol. The minimum atomic E-state index is -4.86. The fourth-order valence-corrected chi connectivity index (χ4v) is 2.87. The van der Waals surface area contributed by atoms with Crippen molar-refractivity contribution in [3.63, 3.8) is 0 Å². The van der Waals surface area contributed by atoms with Crippen molar-refractivity contribution in [2.24, 2.45) is 0 Å². The molecule has 0 aliphatic rings. The monoisotopic (exact) mass is 413 g/mol. The number of anilines is 1. The van der Waals surface area contributed by atoms with Crippen LogP contribution in [0.3, 0.4) is 0 Å². The highest BCUT2D eigenvalue weighted by Crippen LogP contribution is 2.44. The number of aromatic nitrogens is 2. The van der Waals surface area contributed by atoms with Gasteiger partial charge in [-0.2, -0.15) is 30.7 Å². The molecule has 13 heteroatoms. The molecule has 2 N–H and O–H groups in total. The van der Waals surface area contributed by atoms with Crippen LogP contribution in [0.4, 0.5) is 36.4 Å². The second kappa shape index (κ2) is 6.19. The topological polar surface area (TPSA) is 43.8 Å². The number of alkyl halides is 6. The van der Waals surface area contributed by atoms with Crippen LogP contribution in [0.1, 0.15) is 5.56 Å². The van der Waals surface area contributed by atoms with Crippen LogP contribution in [0.5, 0.6) is 0 Å². The van der Waals surface area contributed by atoms with Gasteiger partial charge in [0.2, 0.25) is 5.95 Å². The van der Waals surface area contributed by atoms with Crippen LogP contribution in [0.15, 0.2) is 17.2 Å². The van der Waals surface area contributed by atoms with Crippen LogP contribution in [-0.2, 0) is 6.18 Å². The Morgan fingerprint density at radius 1 is 1.12 bits per heavy atom. The highest BCUT2D eigenvalue weighted by Gasteiger charge is 2.36. The lowest BCUT2D eigenvalue weighted by Crippen LogP contribution is -2.11. The molecule has 0 amide bonds. The summed E-state index contributed by atoms with van der Waals surface area (Å²) in [4.78, 5) is -0.909.